The molecule has 2 aromatic rings. The van der Waals surface area contributed by atoms with Crippen LogP contribution in [0.2, 0.25) is 0 Å². The summed E-state index contributed by atoms with van der Waals surface area (Å²) in [5, 5.41) is 9.93. The van der Waals surface area contributed by atoms with E-state index in [-0.39, 0.29) is 22.0 Å². The number of fused-ring (bicyclic) bond motifs is 1. The minimum Gasteiger partial charge on any atom is -0.393 e. The lowest BCUT2D eigenvalue weighted by molar-refractivity contribution is 0.180. The third kappa shape index (κ3) is 2.53. The zero-order chi connectivity index (χ0) is 24.5. The Bertz CT molecular complexity index is 1140. The van der Waals surface area contributed by atoms with E-state index in [9.17, 15) is 14.7 Å². The lowest BCUT2D eigenvalue weighted by Gasteiger charge is -2.09. The Morgan fingerprint density at radius 1 is 1.55 bits per heavy atom. The van der Waals surface area contributed by atoms with Crippen molar-refractivity contribution in [3.8, 4) is 0 Å². The molecule has 20 heavy (non-hydrogen) atoms. The average molecular weight is 291 g/mol. The minimum atomic E-state index is -4.06. The summed E-state index contributed by atoms with van der Waals surface area (Å²) in [6, 6.07) is 0. The molecule has 0 aliphatic carbocycles. The van der Waals surface area contributed by atoms with Gasteiger partial charge in [-0.25, -0.2) is 9.78 Å². The van der Waals surface area contributed by atoms with E-state index in [0.29, 0.717) is 0 Å². The summed E-state index contributed by atoms with van der Waals surface area (Å²) in [6.07, 6.45) is -15.8. The number of imidazole rings is 1. The Morgan fingerprint density at radius 3 is 3.00 bits per heavy atom. The zero-order valence-corrected chi connectivity index (χ0v) is 10.8. The molecule has 110 valence electrons. The van der Waals surface area contributed by atoms with Gasteiger partial charge < -0.3 is 9.67 Å². The monoisotopic (exact) mass is 291 g/mol. The molecule has 2 heterocycles. The number of aryl methyl sites for hydroxylation is 2. The van der Waals surface area contributed by atoms with Gasteiger partial charge in [0.1, 0.15) is 1.37 Å². The largest absolute Gasteiger partial charge is 0.393 e. The van der Waals surface area contributed by atoms with Crippen molar-refractivity contribution >= 4 is 11.2 Å². The summed E-state index contributed by atoms with van der Waals surface area (Å²) >= 11 is 0. The van der Waals surface area contributed by atoms with E-state index in [0.717, 1.165) is 9.13 Å². The van der Waals surface area contributed by atoms with Crippen molar-refractivity contribution < 1.29 is 20.2 Å². The molecule has 0 aliphatic heterocycles. The predicted octanol–water partition coefficient (Wildman–Crippen LogP) is -0.0152. The average Bonchev–Trinajstić information content (AvgIpc) is 2.90. The minimum absolute atomic E-state index is 0.180. The van der Waals surface area contributed by atoms with Crippen LogP contribution in [0, 0.1) is 0 Å². The van der Waals surface area contributed by atoms with Gasteiger partial charge in [-0.1, -0.05) is 0 Å². The summed E-state index contributed by atoms with van der Waals surface area (Å²) in [7, 11) is 2.46. The van der Waals surface area contributed by atoms with Crippen LogP contribution in [0.15, 0.2) is 15.9 Å². The van der Waals surface area contributed by atoms with E-state index in [4.69, 9.17) is 15.1 Å². The highest BCUT2D eigenvalue weighted by atomic mass is 16.3. The summed E-state index contributed by atoms with van der Waals surface area (Å²) in [5.74, 6) is 0. The van der Waals surface area contributed by atoms with Gasteiger partial charge in [0.05, 0.1) is 13.8 Å². The summed E-state index contributed by atoms with van der Waals surface area (Å²) in [6.45, 7) is -5.12. The van der Waals surface area contributed by atoms with Gasteiger partial charge in [-0.3, -0.25) is 13.9 Å². The van der Waals surface area contributed by atoms with Crippen molar-refractivity contribution in [1.82, 2.24) is 18.7 Å². The maximum atomic E-state index is 12.8. The van der Waals surface area contributed by atoms with Crippen molar-refractivity contribution in [2.24, 2.45) is 14.1 Å². The van der Waals surface area contributed by atoms with Crippen LogP contribution in [0.1, 0.15) is 41.0 Å². The van der Waals surface area contributed by atoms with Crippen LogP contribution in [0.5, 0.6) is 0 Å². The molecule has 2 rings (SSSR count). The highest BCUT2D eigenvalue weighted by Crippen LogP contribution is 2.04. The Morgan fingerprint density at radius 2 is 2.30 bits per heavy atom. The maximum absolute atomic E-state index is 12.8. The number of rotatable bonds is 5. The molecule has 0 aliphatic rings. The van der Waals surface area contributed by atoms with Gasteiger partial charge in [-0.2, -0.15) is 0 Å². The number of hydrogen-bond acceptors (Lipinski definition) is 4. The molecule has 7 nitrogen and oxygen atoms in total. The second-order valence-corrected chi connectivity index (χ2v) is 3.95. The van der Waals surface area contributed by atoms with E-state index < -0.39 is 49.8 Å². The molecule has 0 saturated carbocycles. The van der Waals surface area contributed by atoms with Gasteiger partial charge in [0.15, 0.2) is 11.2 Å². The topological polar surface area (TPSA) is 82.1 Å². The molecule has 0 saturated heterocycles. The Kier molecular flexibility index (Phi) is 1.64. The van der Waals surface area contributed by atoms with E-state index >= 15 is 0 Å². The molecule has 0 radical (unpaired) electrons. The molecule has 7 heteroatoms. The third-order valence-corrected chi connectivity index (χ3v) is 2.64. The second-order valence-electron chi connectivity index (χ2n) is 3.95. The molecule has 0 bridgehead atoms. The lowest BCUT2D eigenvalue weighted by Crippen LogP contribution is -2.39. The summed E-state index contributed by atoms with van der Waals surface area (Å²) in [5.41, 5.74) is -2.73. The Hall–Kier alpha value is -1.89. The zero-order valence-electron chi connectivity index (χ0n) is 21.8. The highest BCUT2D eigenvalue weighted by molar-refractivity contribution is 5.69. The number of nitrogens with zero attached hydrogens (tertiary/aromatic N) is 4. The number of aromatic nitrogens is 4. The molecule has 1 N–H and O–H groups in total. The van der Waals surface area contributed by atoms with Crippen LogP contribution >= 0.6 is 0 Å². The van der Waals surface area contributed by atoms with Crippen molar-refractivity contribution in [2.75, 3.05) is 0 Å². The van der Waals surface area contributed by atoms with Crippen LogP contribution in [0.3, 0.4) is 0 Å². The Labute approximate surface area is 131 Å². The predicted molar refractivity (Wildman–Crippen MR) is 75.7 cm³/mol. The number of hydrogen-bond donors (Lipinski definition) is 1. The Balaban J connectivity index is 2.71. The fourth-order valence-electron chi connectivity index (χ4n) is 1.70. The molecule has 1 atom stereocenters. The second kappa shape index (κ2) is 5.62. The molecule has 0 aromatic carbocycles. The van der Waals surface area contributed by atoms with Crippen molar-refractivity contribution in [1.29, 1.82) is 0 Å². The smallest absolute Gasteiger partial charge is 0.332 e. The van der Waals surface area contributed by atoms with Gasteiger partial charge in [0.25, 0.3) is 5.56 Å². The highest BCUT2D eigenvalue weighted by Gasteiger charge is 2.14. The van der Waals surface area contributed by atoms with Crippen molar-refractivity contribution in [3.05, 3.63) is 27.1 Å². The van der Waals surface area contributed by atoms with E-state index in [2.05, 4.69) is 4.98 Å². The van der Waals surface area contributed by atoms with Crippen LogP contribution in [0.25, 0.3) is 11.2 Å². The van der Waals surface area contributed by atoms with Gasteiger partial charge in [-0.15, -0.1) is 0 Å². The number of aliphatic hydroxyl groups is 1. The van der Waals surface area contributed by atoms with Gasteiger partial charge in [0.2, 0.25) is 0 Å². The molecule has 0 fully saturated rings. The SMILES string of the molecule is [2H]c1nc2c(c(=O)n(CC([2H])([2H])C([2H])([2H])C([2H])([2H])C([2H])(O)C([2H])([2H])[2H])c(=O)n2C)n1C. The van der Waals surface area contributed by atoms with E-state index in [1.54, 1.807) is 0 Å². The fourth-order valence-corrected chi connectivity index (χ4v) is 1.70. The van der Waals surface area contributed by atoms with Crippen LogP contribution in [-0.2, 0) is 20.6 Å². The normalized spacial score (nSPS) is 25.4. The fraction of sp³-hybridized carbons (Fsp3) is 0.615. The van der Waals surface area contributed by atoms with E-state index in [1.807, 2.05) is 0 Å². The quantitative estimate of drug-likeness (QED) is 0.839. The summed E-state index contributed by atoms with van der Waals surface area (Å²) < 4.78 is 86.2. The molecular formula is C13H20N4O3. The molecule has 0 spiro atoms. The van der Waals surface area contributed by atoms with Crippen LogP contribution in [0.4, 0.5) is 0 Å². The first-order chi connectivity index (χ1) is 13.6. The molecule has 1 unspecified atom stereocenters. The molecule has 0 amide bonds. The van der Waals surface area contributed by atoms with Crippen molar-refractivity contribution in [3.63, 3.8) is 0 Å². The van der Waals surface area contributed by atoms with Gasteiger partial charge in [-0.05, 0) is 26.0 Å². The van der Waals surface area contributed by atoms with E-state index in [1.165, 1.54) is 14.1 Å². The lowest BCUT2D eigenvalue weighted by atomic mass is 10.2. The van der Waals surface area contributed by atoms with Crippen LogP contribution < -0.4 is 11.2 Å². The van der Waals surface area contributed by atoms with Crippen molar-refractivity contribution in [2.45, 2.75) is 38.6 Å². The molecular weight excluding hydrogens is 260 g/mol. The first-order valence-corrected chi connectivity index (χ1v) is 5.48. The standard InChI is InChI=1S/C13H20N4O3/c1-9(18)6-4-5-7-17-12(19)10-11(14-8-15(10)2)16(3)13(17)20/h8-9,18H,4-7H2,1-3H3/i1D3,4D2,5D2,6D2,8D,9D. The summed E-state index contributed by atoms with van der Waals surface area (Å²) in [4.78, 5) is 29.1. The van der Waals surface area contributed by atoms with Gasteiger partial charge in [0, 0.05) is 33.0 Å². The first-order valence-electron chi connectivity index (χ1n) is 11.0. The maximum Gasteiger partial charge on any atom is 0.332 e. The van der Waals surface area contributed by atoms with Gasteiger partial charge >= 0.3 is 5.69 Å². The third-order valence-electron chi connectivity index (χ3n) is 2.64. The van der Waals surface area contributed by atoms with Crippen LogP contribution in [-0.4, -0.2) is 29.9 Å². The first kappa shape index (κ1) is 5.85. The molecule has 2 aromatic heterocycles.